The molecule has 0 heterocycles. The van der Waals surface area contributed by atoms with Crippen LogP contribution in [0.4, 0.5) is 4.39 Å². The molecule has 0 atom stereocenters. The molecule has 0 unspecified atom stereocenters. The summed E-state index contributed by atoms with van der Waals surface area (Å²) in [6.45, 7) is -0.121. The molecule has 1 aromatic carbocycles. The van der Waals surface area contributed by atoms with Crippen LogP contribution >= 0.6 is 0 Å². The largest absolute Gasteiger partial charge is 0.478 e. The van der Waals surface area contributed by atoms with Gasteiger partial charge in [-0.1, -0.05) is 0 Å². The number of rotatable bonds is 4. The SMILES string of the molecule is COCOc1cc(F)ccc1C(=O)O. The molecule has 0 fully saturated rings. The van der Waals surface area contributed by atoms with Crippen LogP contribution in [-0.4, -0.2) is 25.0 Å². The minimum absolute atomic E-state index is 0.0423. The van der Waals surface area contributed by atoms with Gasteiger partial charge < -0.3 is 14.6 Å². The first-order chi connectivity index (χ1) is 6.65. The number of ether oxygens (including phenoxy) is 2. The Morgan fingerprint density at radius 3 is 2.86 bits per heavy atom. The molecule has 0 amide bonds. The van der Waals surface area contributed by atoms with Crippen LogP contribution in [0.1, 0.15) is 10.4 Å². The summed E-state index contributed by atoms with van der Waals surface area (Å²) in [6, 6.07) is 3.20. The number of methoxy groups -OCH3 is 1. The van der Waals surface area contributed by atoms with Crippen LogP contribution in [0.2, 0.25) is 0 Å². The van der Waals surface area contributed by atoms with Crippen molar-refractivity contribution in [2.24, 2.45) is 0 Å². The van der Waals surface area contributed by atoms with Crippen LogP contribution < -0.4 is 4.74 Å². The number of carbonyl (C=O) groups is 1. The first kappa shape index (κ1) is 10.5. The predicted octanol–water partition coefficient (Wildman–Crippen LogP) is 1.51. The monoisotopic (exact) mass is 200 g/mol. The fourth-order valence-corrected chi connectivity index (χ4v) is 0.915. The highest BCUT2D eigenvalue weighted by Gasteiger charge is 2.11. The third-order valence-electron chi connectivity index (χ3n) is 1.51. The zero-order chi connectivity index (χ0) is 10.6. The van der Waals surface area contributed by atoms with Crippen molar-refractivity contribution < 1.29 is 23.8 Å². The van der Waals surface area contributed by atoms with Crippen molar-refractivity contribution in [3.8, 4) is 5.75 Å². The number of aromatic carboxylic acids is 1. The molecule has 76 valence electrons. The summed E-state index contributed by atoms with van der Waals surface area (Å²) in [4.78, 5) is 10.7. The smallest absolute Gasteiger partial charge is 0.339 e. The van der Waals surface area contributed by atoms with E-state index in [0.29, 0.717) is 0 Å². The summed E-state index contributed by atoms with van der Waals surface area (Å²) in [6.07, 6.45) is 0. The maximum atomic E-state index is 12.7. The quantitative estimate of drug-likeness (QED) is 0.748. The van der Waals surface area contributed by atoms with E-state index in [4.69, 9.17) is 9.84 Å². The summed E-state index contributed by atoms with van der Waals surface area (Å²) >= 11 is 0. The fourth-order valence-electron chi connectivity index (χ4n) is 0.915. The van der Waals surface area contributed by atoms with E-state index in [9.17, 15) is 9.18 Å². The Kier molecular flexibility index (Phi) is 3.41. The van der Waals surface area contributed by atoms with Gasteiger partial charge >= 0.3 is 5.97 Å². The van der Waals surface area contributed by atoms with Gasteiger partial charge in [0.15, 0.2) is 6.79 Å². The maximum Gasteiger partial charge on any atom is 0.339 e. The van der Waals surface area contributed by atoms with Gasteiger partial charge in [0, 0.05) is 13.2 Å². The van der Waals surface area contributed by atoms with Gasteiger partial charge in [0.2, 0.25) is 0 Å². The molecule has 0 saturated heterocycles. The lowest BCUT2D eigenvalue weighted by Crippen LogP contribution is -2.05. The van der Waals surface area contributed by atoms with Crippen LogP contribution in [0.25, 0.3) is 0 Å². The molecule has 1 rings (SSSR count). The molecule has 0 aliphatic rings. The van der Waals surface area contributed by atoms with Crippen molar-refractivity contribution in [1.82, 2.24) is 0 Å². The van der Waals surface area contributed by atoms with E-state index < -0.39 is 11.8 Å². The second-order valence-electron chi connectivity index (χ2n) is 2.50. The molecule has 4 nitrogen and oxygen atoms in total. The van der Waals surface area contributed by atoms with E-state index >= 15 is 0 Å². The lowest BCUT2D eigenvalue weighted by atomic mass is 10.2. The van der Waals surface area contributed by atoms with Gasteiger partial charge in [-0.05, 0) is 12.1 Å². The van der Waals surface area contributed by atoms with Crippen LogP contribution in [0.15, 0.2) is 18.2 Å². The van der Waals surface area contributed by atoms with E-state index in [-0.39, 0.29) is 18.1 Å². The minimum atomic E-state index is -1.17. The molecular formula is C9H9FO4. The second kappa shape index (κ2) is 4.57. The topological polar surface area (TPSA) is 55.8 Å². The summed E-state index contributed by atoms with van der Waals surface area (Å²) in [5.74, 6) is -1.77. The molecular weight excluding hydrogens is 191 g/mol. The molecule has 0 radical (unpaired) electrons. The van der Waals surface area contributed by atoms with E-state index in [0.717, 1.165) is 18.2 Å². The molecule has 1 aromatic rings. The lowest BCUT2D eigenvalue weighted by molar-refractivity contribution is 0.0481. The minimum Gasteiger partial charge on any atom is -0.478 e. The van der Waals surface area contributed by atoms with Gasteiger partial charge in [-0.3, -0.25) is 0 Å². The third kappa shape index (κ3) is 2.43. The van der Waals surface area contributed by atoms with Crippen molar-refractivity contribution in [2.45, 2.75) is 0 Å². The molecule has 0 aliphatic heterocycles. The van der Waals surface area contributed by atoms with E-state index in [2.05, 4.69) is 4.74 Å². The van der Waals surface area contributed by atoms with E-state index in [1.54, 1.807) is 0 Å². The highest BCUT2D eigenvalue weighted by molar-refractivity contribution is 5.90. The Hall–Kier alpha value is -1.62. The summed E-state index contributed by atoms with van der Waals surface area (Å²) in [7, 11) is 1.39. The van der Waals surface area contributed by atoms with Gasteiger partial charge in [0.1, 0.15) is 17.1 Å². The molecule has 0 aliphatic carbocycles. The highest BCUT2D eigenvalue weighted by atomic mass is 19.1. The molecule has 0 spiro atoms. The Balaban J connectivity index is 2.97. The number of benzene rings is 1. The first-order valence-electron chi connectivity index (χ1n) is 3.79. The van der Waals surface area contributed by atoms with Crippen molar-refractivity contribution in [3.63, 3.8) is 0 Å². The van der Waals surface area contributed by atoms with Gasteiger partial charge in [0.05, 0.1) is 0 Å². The number of carboxylic acid groups (broad SMARTS) is 1. The number of carboxylic acids is 1. The third-order valence-corrected chi connectivity index (χ3v) is 1.51. The highest BCUT2D eigenvalue weighted by Crippen LogP contribution is 2.19. The molecule has 0 aromatic heterocycles. The first-order valence-corrected chi connectivity index (χ1v) is 3.79. The van der Waals surface area contributed by atoms with Crippen molar-refractivity contribution in [1.29, 1.82) is 0 Å². The van der Waals surface area contributed by atoms with Gasteiger partial charge in [0.25, 0.3) is 0 Å². The van der Waals surface area contributed by atoms with Gasteiger partial charge in [-0.25, -0.2) is 9.18 Å². The van der Waals surface area contributed by atoms with Crippen LogP contribution in [0, 0.1) is 5.82 Å². The van der Waals surface area contributed by atoms with Crippen LogP contribution in [-0.2, 0) is 4.74 Å². The van der Waals surface area contributed by atoms with Crippen LogP contribution in [0.5, 0.6) is 5.75 Å². The molecule has 5 heteroatoms. The van der Waals surface area contributed by atoms with Gasteiger partial charge in [-0.15, -0.1) is 0 Å². The van der Waals surface area contributed by atoms with Crippen LogP contribution in [0.3, 0.4) is 0 Å². The summed E-state index contributed by atoms with van der Waals surface area (Å²) in [5, 5.41) is 8.71. The van der Waals surface area contributed by atoms with Gasteiger partial charge in [-0.2, -0.15) is 0 Å². The zero-order valence-corrected chi connectivity index (χ0v) is 7.49. The van der Waals surface area contributed by atoms with Crippen molar-refractivity contribution in [3.05, 3.63) is 29.6 Å². The lowest BCUT2D eigenvalue weighted by Gasteiger charge is -2.07. The normalized spacial score (nSPS) is 9.86. The molecule has 14 heavy (non-hydrogen) atoms. The second-order valence-corrected chi connectivity index (χ2v) is 2.50. The summed E-state index contributed by atoms with van der Waals surface area (Å²) < 4.78 is 22.2. The summed E-state index contributed by atoms with van der Waals surface area (Å²) in [5.41, 5.74) is -0.0940. The number of hydrogen-bond acceptors (Lipinski definition) is 3. The van der Waals surface area contributed by atoms with Crippen molar-refractivity contribution in [2.75, 3.05) is 13.9 Å². The number of hydrogen-bond donors (Lipinski definition) is 1. The van der Waals surface area contributed by atoms with E-state index in [1.807, 2.05) is 0 Å². The predicted molar refractivity (Wildman–Crippen MR) is 45.9 cm³/mol. The Labute approximate surface area is 79.9 Å². The maximum absolute atomic E-state index is 12.7. The fraction of sp³-hybridized carbons (Fsp3) is 0.222. The zero-order valence-electron chi connectivity index (χ0n) is 7.49. The standard InChI is InChI=1S/C9H9FO4/c1-13-5-14-8-4-6(10)2-3-7(8)9(11)12/h2-4H,5H2,1H3,(H,11,12). The Morgan fingerprint density at radius 1 is 1.57 bits per heavy atom. The van der Waals surface area contributed by atoms with E-state index in [1.165, 1.54) is 7.11 Å². The van der Waals surface area contributed by atoms with Crippen molar-refractivity contribution >= 4 is 5.97 Å². The average molecular weight is 200 g/mol. The average Bonchev–Trinajstić information content (AvgIpc) is 2.14. The molecule has 1 N–H and O–H groups in total. The Bertz CT molecular complexity index is 338. The number of halogens is 1. The molecule has 0 bridgehead atoms. The molecule has 0 saturated carbocycles. The Morgan fingerprint density at radius 2 is 2.29 bits per heavy atom.